The van der Waals surface area contributed by atoms with Crippen LogP contribution in [0.3, 0.4) is 0 Å². The van der Waals surface area contributed by atoms with Crippen molar-refractivity contribution in [3.8, 4) is 0 Å². The Labute approximate surface area is 210 Å². The molecule has 0 unspecified atom stereocenters. The fourth-order valence-electron chi connectivity index (χ4n) is 0.773. The molecule has 0 aliphatic heterocycles. The van der Waals surface area contributed by atoms with Gasteiger partial charge in [0.2, 0.25) is 0 Å². The number of aliphatic hydroxyl groups is 6. The van der Waals surface area contributed by atoms with E-state index in [-0.39, 0.29) is 48.9 Å². The molecule has 4 radical (unpaired) electrons. The van der Waals surface area contributed by atoms with Crippen molar-refractivity contribution in [1.82, 2.24) is 0 Å². The van der Waals surface area contributed by atoms with Crippen LogP contribution in [0.5, 0.6) is 0 Å². The minimum Gasteiger partial charge on any atom is -0.547 e. The molecule has 20 heteroatoms. The Morgan fingerprint density at radius 2 is 0.406 bits per heavy atom. The monoisotopic (exact) mass is 686 g/mol. The van der Waals surface area contributed by atoms with Crippen LogP contribution in [-0.2, 0) is 28.8 Å². The summed E-state index contributed by atoms with van der Waals surface area (Å²) in [4.78, 5) is 57.8. The van der Waals surface area contributed by atoms with Gasteiger partial charge in [0.1, 0.15) is 36.6 Å². The maximum absolute atomic E-state index is 9.63. The van der Waals surface area contributed by atoms with Gasteiger partial charge in [-0.1, -0.05) is 0 Å². The van der Waals surface area contributed by atoms with Gasteiger partial charge in [0, 0.05) is 0 Å². The molecule has 0 bridgehead atoms. The Kier molecular flexibility index (Phi) is 25.2. The second-order valence-electron chi connectivity index (χ2n) is 4.58. The summed E-state index contributed by atoms with van der Waals surface area (Å²) in [5.74, 6) is -12.4. The van der Waals surface area contributed by atoms with Gasteiger partial charge in [-0.15, -0.1) is 0 Å². The number of hydrogen-bond donors (Lipinski definition) is 6. The summed E-state index contributed by atoms with van der Waals surface area (Å²) in [6, 6.07) is 0. The first-order chi connectivity index (χ1) is 13.4. The molecule has 178 valence electrons. The largest absolute Gasteiger partial charge is 3.00 e. The molecule has 0 aromatic heterocycles. The molecule has 0 heterocycles. The Bertz CT molecular complexity index is 498. The molecule has 0 amide bonds. The van der Waals surface area contributed by atoms with Crippen LogP contribution in [0.4, 0.5) is 0 Å². The Balaban J connectivity index is -0.000000110. The van der Waals surface area contributed by atoms with Crippen molar-refractivity contribution in [2.24, 2.45) is 0 Å². The molecular weight excluding hydrogens is 676 g/mol. The molecule has 0 rings (SSSR count). The minimum absolute atomic E-state index is 0. The predicted octanol–water partition coefficient (Wildman–Crippen LogP) is -15.1. The van der Waals surface area contributed by atoms with Gasteiger partial charge in [-0.3, -0.25) is 0 Å². The molecule has 0 saturated carbocycles. The fourth-order valence-corrected chi connectivity index (χ4v) is 0.773. The third-order valence-corrected chi connectivity index (χ3v) is 2.35. The molecule has 6 N–H and O–H groups in total. The summed E-state index contributed by atoms with van der Waals surface area (Å²) in [6.45, 7) is 0. The fraction of sp³-hybridized carbons (Fsp3) is 0.500. The van der Waals surface area contributed by atoms with Crippen LogP contribution in [0.2, 0.25) is 0 Å². The van der Waals surface area contributed by atoms with Crippen LogP contribution in [0, 0.1) is 0 Å². The van der Waals surface area contributed by atoms with E-state index in [2.05, 4.69) is 0 Å². The zero-order valence-electron chi connectivity index (χ0n) is 14.9. The van der Waals surface area contributed by atoms with Gasteiger partial charge in [0.15, 0.2) is 0 Å². The van der Waals surface area contributed by atoms with E-state index in [0.717, 1.165) is 0 Å². The van der Waals surface area contributed by atoms with E-state index in [1.807, 2.05) is 0 Å². The topological polar surface area (TPSA) is 362 Å². The third kappa shape index (κ3) is 17.9. The quantitative estimate of drug-likeness (QED) is 0.122. The summed E-state index contributed by atoms with van der Waals surface area (Å²) >= 11 is 0. The van der Waals surface area contributed by atoms with E-state index >= 15 is 0 Å². The first-order valence-corrected chi connectivity index (χ1v) is 6.73. The number of carbonyl (C=O) groups is 6. The summed E-state index contributed by atoms with van der Waals surface area (Å²) in [7, 11) is 0. The average molecular weight is 688 g/mol. The van der Waals surface area contributed by atoms with Gasteiger partial charge in [-0.25, -0.2) is 0 Å². The molecule has 0 aromatic carbocycles. The molecule has 32 heavy (non-hydrogen) atoms. The number of rotatable bonds is 9. The van der Waals surface area contributed by atoms with Gasteiger partial charge in [0.25, 0.3) is 0 Å². The van der Waals surface area contributed by atoms with Crippen molar-refractivity contribution in [3.05, 3.63) is 0 Å². The van der Waals surface area contributed by atoms with E-state index in [1.54, 1.807) is 0 Å². The maximum Gasteiger partial charge on any atom is 3.00 e. The third-order valence-electron chi connectivity index (χ3n) is 2.35. The van der Waals surface area contributed by atoms with Gasteiger partial charge in [-0.05, 0) is 0 Å². The zero-order valence-corrected chi connectivity index (χ0v) is 20.0. The Morgan fingerprint density at radius 1 is 0.344 bits per heavy atom. The molecule has 0 saturated heterocycles. The molecule has 0 fully saturated rings. The number of carbonyl (C=O) groups excluding carboxylic acids is 6. The summed E-state index contributed by atoms with van der Waals surface area (Å²) in [6.07, 6.45) is -14.6. The molecule has 0 spiro atoms. The Morgan fingerprint density at radius 3 is 0.438 bits per heavy atom. The summed E-state index contributed by atoms with van der Waals surface area (Å²) in [5.41, 5.74) is 0. The van der Waals surface area contributed by atoms with Crippen LogP contribution in [-0.4, -0.2) is 152 Å². The maximum atomic E-state index is 9.63. The van der Waals surface area contributed by atoms with Crippen LogP contribution in [0.1, 0.15) is 0 Å². The van der Waals surface area contributed by atoms with Crippen molar-refractivity contribution in [2.75, 3.05) is 0 Å². The minimum atomic E-state index is -2.44. The van der Waals surface area contributed by atoms with E-state index < -0.39 is 72.4 Å². The number of carboxylic acids is 6. The second kappa shape index (κ2) is 19.9. The smallest absolute Gasteiger partial charge is 0.547 e. The standard InChI is InChI=1S/3C4H6O6.2Sb/c3*5-1(3(7)8)2(6)4(9)10;;/h3*1-2,5-6H,(H,7,8)(H,9,10);;/q;;;2*+3/p-6/t3*1-,2-;;/m111../s1. The number of hydrogen-bond acceptors (Lipinski definition) is 18. The zero-order chi connectivity index (χ0) is 24.9. The predicted molar refractivity (Wildman–Crippen MR) is 77.6 cm³/mol. The van der Waals surface area contributed by atoms with E-state index in [0.29, 0.717) is 0 Å². The SMILES string of the molecule is O=C([O-])[C@H](O)[C@@H](O)C(=O)[O-].O=C([O-])[C@H](O)[C@@H](O)C(=O)[O-].O=C([O-])[C@H](O)[C@@H](O)C(=O)[O-].[Sb+3].[Sb+3]. The van der Waals surface area contributed by atoms with E-state index in [1.165, 1.54) is 0 Å². The summed E-state index contributed by atoms with van der Waals surface area (Å²) in [5, 5.41) is 107. The number of aliphatic carboxylic acids is 6. The number of aliphatic hydroxyl groups excluding tert-OH is 6. The van der Waals surface area contributed by atoms with Crippen molar-refractivity contribution in [3.63, 3.8) is 0 Å². The second-order valence-corrected chi connectivity index (χ2v) is 4.58. The van der Waals surface area contributed by atoms with Crippen LogP contribution in [0.15, 0.2) is 0 Å². The molecule has 18 nitrogen and oxygen atoms in total. The molecule has 6 atom stereocenters. The van der Waals surface area contributed by atoms with E-state index in [4.69, 9.17) is 30.6 Å². The van der Waals surface area contributed by atoms with Crippen molar-refractivity contribution >= 4 is 84.7 Å². The molecule has 0 aliphatic carbocycles. The number of carboxylic acid groups (broad SMARTS) is 6. The average Bonchev–Trinajstić information content (AvgIpc) is 2.64. The van der Waals surface area contributed by atoms with Crippen molar-refractivity contribution in [1.29, 1.82) is 0 Å². The van der Waals surface area contributed by atoms with E-state index in [9.17, 15) is 59.4 Å². The van der Waals surface area contributed by atoms with Gasteiger partial charge >= 0.3 is 48.9 Å². The van der Waals surface area contributed by atoms with Gasteiger partial charge in [-0.2, -0.15) is 0 Å². The van der Waals surface area contributed by atoms with Crippen LogP contribution < -0.4 is 30.6 Å². The Hall–Kier alpha value is -1.78. The molecule has 0 aliphatic rings. The first-order valence-electron chi connectivity index (χ1n) is 6.73. The first kappa shape index (κ1) is 40.6. The van der Waals surface area contributed by atoms with Gasteiger partial charge in [0.05, 0.1) is 35.8 Å². The normalized spacial score (nSPS) is 14.8. The van der Waals surface area contributed by atoms with Crippen molar-refractivity contribution < 1.29 is 90.0 Å². The van der Waals surface area contributed by atoms with Crippen LogP contribution >= 0.6 is 0 Å². The molecule has 0 aromatic rings. The summed E-state index contributed by atoms with van der Waals surface area (Å²) < 4.78 is 0. The van der Waals surface area contributed by atoms with Gasteiger partial charge < -0.3 is 90.0 Å². The van der Waals surface area contributed by atoms with Crippen molar-refractivity contribution in [2.45, 2.75) is 36.6 Å². The molecular formula is C12H12O18Sb2. The van der Waals surface area contributed by atoms with Crippen LogP contribution in [0.25, 0.3) is 0 Å².